The second-order valence-electron chi connectivity index (χ2n) is 6.66. The second kappa shape index (κ2) is 6.76. The maximum absolute atomic E-state index is 12.7. The topological polar surface area (TPSA) is 30.9 Å². The molecule has 0 bridgehead atoms. The minimum Gasteiger partial charge on any atom is -0.497 e. The third kappa shape index (κ3) is 2.98. The van der Waals surface area contributed by atoms with Gasteiger partial charge in [-0.2, -0.15) is 8.78 Å². The van der Waals surface area contributed by atoms with E-state index in [1.165, 1.54) is 18.2 Å². The zero-order chi connectivity index (χ0) is 18.3. The molecule has 2 aromatic rings. The molecule has 0 amide bonds. The molecule has 4 nitrogen and oxygen atoms in total. The van der Waals surface area contributed by atoms with Crippen LogP contribution < -0.4 is 14.2 Å². The SMILES string of the molecule is COc1ccc2c(c1)CN1CCc3cc(OC(F)F)c(OC)cc3C1C2. The Morgan fingerprint density at radius 1 is 1.00 bits per heavy atom. The Morgan fingerprint density at radius 2 is 1.85 bits per heavy atom. The molecule has 0 radical (unpaired) electrons. The van der Waals surface area contributed by atoms with Crippen molar-refractivity contribution < 1.29 is 23.0 Å². The molecule has 0 aromatic heterocycles. The Bertz CT molecular complexity index is 825. The molecule has 2 heterocycles. The van der Waals surface area contributed by atoms with E-state index >= 15 is 0 Å². The fourth-order valence-corrected chi connectivity index (χ4v) is 4.04. The molecule has 2 aliphatic heterocycles. The van der Waals surface area contributed by atoms with Crippen LogP contribution >= 0.6 is 0 Å². The van der Waals surface area contributed by atoms with E-state index in [1.54, 1.807) is 13.2 Å². The normalized spacial score (nSPS) is 18.7. The third-order valence-corrected chi connectivity index (χ3v) is 5.31. The molecule has 6 heteroatoms. The molecular formula is C20H21F2NO3. The van der Waals surface area contributed by atoms with Crippen LogP contribution in [-0.2, 0) is 19.4 Å². The van der Waals surface area contributed by atoms with Gasteiger partial charge in [0.2, 0.25) is 0 Å². The number of alkyl halides is 2. The first kappa shape index (κ1) is 17.1. The van der Waals surface area contributed by atoms with Gasteiger partial charge in [-0.1, -0.05) is 6.07 Å². The summed E-state index contributed by atoms with van der Waals surface area (Å²) in [5.74, 6) is 1.33. The summed E-state index contributed by atoms with van der Waals surface area (Å²) in [7, 11) is 3.15. The maximum atomic E-state index is 12.7. The summed E-state index contributed by atoms with van der Waals surface area (Å²) in [4.78, 5) is 2.43. The van der Waals surface area contributed by atoms with E-state index in [2.05, 4.69) is 21.8 Å². The Balaban J connectivity index is 1.70. The number of nitrogens with zero attached hydrogens (tertiary/aromatic N) is 1. The van der Waals surface area contributed by atoms with E-state index in [-0.39, 0.29) is 11.8 Å². The average Bonchev–Trinajstić information content (AvgIpc) is 2.64. The Hall–Kier alpha value is -2.34. The van der Waals surface area contributed by atoms with Gasteiger partial charge in [-0.25, -0.2) is 0 Å². The quantitative estimate of drug-likeness (QED) is 0.825. The molecule has 0 saturated carbocycles. The largest absolute Gasteiger partial charge is 0.497 e. The second-order valence-corrected chi connectivity index (χ2v) is 6.66. The van der Waals surface area contributed by atoms with E-state index in [4.69, 9.17) is 9.47 Å². The minimum absolute atomic E-state index is 0.107. The highest BCUT2D eigenvalue weighted by Crippen LogP contribution is 2.43. The lowest BCUT2D eigenvalue weighted by Gasteiger charge is -2.41. The van der Waals surface area contributed by atoms with Gasteiger partial charge in [0.05, 0.1) is 14.2 Å². The summed E-state index contributed by atoms with van der Waals surface area (Å²) in [6, 6.07) is 9.99. The number of methoxy groups -OCH3 is 2. The Morgan fingerprint density at radius 3 is 2.58 bits per heavy atom. The highest BCUT2D eigenvalue weighted by Gasteiger charge is 2.33. The average molecular weight is 361 g/mol. The van der Waals surface area contributed by atoms with Crippen molar-refractivity contribution in [2.75, 3.05) is 20.8 Å². The number of halogens is 2. The lowest BCUT2D eigenvalue weighted by Crippen LogP contribution is -2.39. The van der Waals surface area contributed by atoms with E-state index < -0.39 is 6.61 Å². The first-order chi connectivity index (χ1) is 12.6. The van der Waals surface area contributed by atoms with Crippen molar-refractivity contribution in [3.63, 3.8) is 0 Å². The summed E-state index contributed by atoms with van der Waals surface area (Å²) in [6.45, 7) is -1.12. The predicted octanol–water partition coefficient (Wildman–Crippen LogP) is 3.96. The zero-order valence-corrected chi connectivity index (χ0v) is 14.8. The van der Waals surface area contributed by atoms with E-state index in [9.17, 15) is 8.78 Å². The molecule has 0 spiro atoms. The van der Waals surface area contributed by atoms with Crippen molar-refractivity contribution in [3.05, 3.63) is 52.6 Å². The first-order valence-electron chi connectivity index (χ1n) is 8.64. The molecule has 2 aromatic carbocycles. The highest BCUT2D eigenvalue weighted by molar-refractivity contribution is 5.51. The van der Waals surface area contributed by atoms with Crippen LogP contribution in [0, 0.1) is 0 Å². The minimum atomic E-state index is -2.86. The van der Waals surface area contributed by atoms with Gasteiger partial charge in [0.1, 0.15) is 5.75 Å². The fraction of sp³-hybridized carbons (Fsp3) is 0.400. The molecule has 26 heavy (non-hydrogen) atoms. The van der Waals surface area contributed by atoms with E-state index in [1.807, 2.05) is 12.1 Å². The molecule has 2 aliphatic rings. The van der Waals surface area contributed by atoms with Crippen LogP contribution in [0.25, 0.3) is 0 Å². The maximum Gasteiger partial charge on any atom is 0.387 e. The van der Waals surface area contributed by atoms with Crippen LogP contribution in [0.5, 0.6) is 17.2 Å². The van der Waals surface area contributed by atoms with Crippen molar-refractivity contribution in [1.82, 2.24) is 4.90 Å². The highest BCUT2D eigenvalue weighted by atomic mass is 19.3. The van der Waals surface area contributed by atoms with Gasteiger partial charge in [-0.15, -0.1) is 0 Å². The zero-order valence-electron chi connectivity index (χ0n) is 14.8. The lowest BCUT2D eigenvalue weighted by atomic mass is 9.84. The number of benzene rings is 2. The number of hydrogen-bond donors (Lipinski definition) is 0. The lowest BCUT2D eigenvalue weighted by molar-refractivity contribution is -0.0513. The van der Waals surface area contributed by atoms with Crippen LogP contribution in [0.2, 0.25) is 0 Å². The Labute approximate surface area is 151 Å². The summed E-state index contributed by atoms with van der Waals surface area (Å²) >= 11 is 0. The van der Waals surface area contributed by atoms with Gasteiger partial charge in [0.25, 0.3) is 0 Å². The molecule has 4 rings (SSSR count). The molecule has 0 N–H and O–H groups in total. The number of ether oxygens (including phenoxy) is 3. The number of rotatable bonds is 4. The van der Waals surface area contributed by atoms with Crippen LogP contribution in [0.1, 0.15) is 28.3 Å². The summed E-state index contributed by atoms with van der Waals surface area (Å²) < 4.78 is 40.6. The van der Waals surface area contributed by atoms with Crippen LogP contribution in [0.3, 0.4) is 0 Å². The van der Waals surface area contributed by atoms with Crippen molar-refractivity contribution in [3.8, 4) is 17.2 Å². The summed E-state index contributed by atoms with van der Waals surface area (Å²) in [5, 5.41) is 0. The van der Waals surface area contributed by atoms with Crippen molar-refractivity contribution in [2.24, 2.45) is 0 Å². The standard InChI is InChI=1S/C20H21F2NO3/c1-24-15-4-3-12-8-17-16-10-18(25-2)19(26-20(21)22)9-13(16)5-6-23(17)11-14(12)7-15/h3-4,7,9-10,17,20H,5-6,8,11H2,1-2H3. The van der Waals surface area contributed by atoms with Crippen LogP contribution in [0.4, 0.5) is 8.78 Å². The number of hydrogen-bond acceptors (Lipinski definition) is 4. The van der Waals surface area contributed by atoms with Gasteiger partial charge in [-0.3, -0.25) is 4.90 Å². The summed E-state index contributed by atoms with van der Waals surface area (Å²) in [6.07, 6.45) is 1.68. The van der Waals surface area contributed by atoms with Gasteiger partial charge >= 0.3 is 6.61 Å². The van der Waals surface area contributed by atoms with Gasteiger partial charge in [0.15, 0.2) is 11.5 Å². The van der Waals surface area contributed by atoms with E-state index in [0.717, 1.165) is 42.8 Å². The van der Waals surface area contributed by atoms with Crippen LogP contribution in [0.15, 0.2) is 30.3 Å². The molecule has 0 fully saturated rings. The van der Waals surface area contributed by atoms with Crippen molar-refractivity contribution >= 4 is 0 Å². The molecule has 0 saturated heterocycles. The third-order valence-electron chi connectivity index (χ3n) is 5.31. The van der Waals surface area contributed by atoms with Gasteiger partial charge in [-0.05, 0) is 59.4 Å². The molecule has 138 valence electrons. The van der Waals surface area contributed by atoms with Gasteiger partial charge in [0, 0.05) is 19.1 Å². The molecule has 0 aliphatic carbocycles. The fourth-order valence-electron chi connectivity index (χ4n) is 4.04. The molecule has 1 unspecified atom stereocenters. The Kier molecular flexibility index (Phi) is 4.44. The van der Waals surface area contributed by atoms with E-state index in [0.29, 0.717) is 5.75 Å². The number of fused-ring (bicyclic) bond motifs is 4. The predicted molar refractivity (Wildman–Crippen MR) is 93.2 cm³/mol. The van der Waals surface area contributed by atoms with Gasteiger partial charge < -0.3 is 14.2 Å². The molecule has 1 atom stereocenters. The smallest absolute Gasteiger partial charge is 0.387 e. The first-order valence-corrected chi connectivity index (χ1v) is 8.64. The van der Waals surface area contributed by atoms with Crippen molar-refractivity contribution in [1.29, 1.82) is 0 Å². The van der Waals surface area contributed by atoms with Crippen LogP contribution in [-0.4, -0.2) is 32.3 Å². The summed E-state index contributed by atoms with van der Waals surface area (Å²) in [5.41, 5.74) is 4.77. The molecular weight excluding hydrogens is 340 g/mol. The monoisotopic (exact) mass is 361 g/mol. The van der Waals surface area contributed by atoms with Crippen molar-refractivity contribution in [2.45, 2.75) is 32.0 Å².